The summed E-state index contributed by atoms with van der Waals surface area (Å²) in [6, 6.07) is 40.3. The fourth-order valence-electron chi connectivity index (χ4n) is 5.91. The van der Waals surface area contributed by atoms with Crippen LogP contribution in [-0.2, 0) is 11.8 Å². The van der Waals surface area contributed by atoms with Crippen molar-refractivity contribution < 1.29 is 0 Å². The summed E-state index contributed by atoms with van der Waals surface area (Å²) < 4.78 is 2.31. The van der Waals surface area contributed by atoms with Crippen LogP contribution in [0.5, 0.6) is 0 Å². The summed E-state index contributed by atoms with van der Waals surface area (Å²) in [6.07, 6.45) is 3.75. The van der Waals surface area contributed by atoms with Gasteiger partial charge in [0.25, 0.3) is 0 Å². The van der Waals surface area contributed by atoms with Crippen molar-refractivity contribution in [1.82, 2.24) is 14.4 Å². The number of imidazole rings is 1. The maximum Gasteiger partial charge on any atom is 0.146 e. The van der Waals surface area contributed by atoms with E-state index in [0.29, 0.717) is 0 Å². The van der Waals surface area contributed by atoms with Gasteiger partial charge in [-0.05, 0) is 45.7 Å². The van der Waals surface area contributed by atoms with E-state index in [-0.39, 0.29) is 0 Å². The van der Waals surface area contributed by atoms with Crippen molar-refractivity contribution in [2.45, 2.75) is 0 Å². The van der Waals surface area contributed by atoms with Crippen LogP contribution in [0.25, 0.3) is 49.1 Å². The summed E-state index contributed by atoms with van der Waals surface area (Å²) in [4.78, 5) is 9.88. The summed E-state index contributed by atoms with van der Waals surface area (Å²) in [7, 11) is 0. The molecule has 0 amide bonds. The standard InChI is InChI=1S/C34H22N3PS/c39-38(26-11-8-20-35-22-26,25-19-18-23-9-1-2-10-24(23)21-25)32-17-7-16-31-33(32)36-34-29-14-4-3-12-27(29)28-13-5-6-15-30(28)37(31)34/h1-22H. The molecule has 1 unspecified atom stereocenters. The van der Waals surface area contributed by atoms with Crippen LogP contribution < -0.4 is 15.9 Å². The second-order valence-electron chi connectivity index (χ2n) is 9.83. The van der Waals surface area contributed by atoms with Gasteiger partial charge in [-0.2, -0.15) is 0 Å². The van der Waals surface area contributed by atoms with Crippen molar-refractivity contribution in [2.24, 2.45) is 0 Å². The number of pyridine rings is 2. The highest BCUT2D eigenvalue weighted by Gasteiger charge is 2.29. The molecule has 8 rings (SSSR count). The number of fused-ring (bicyclic) bond motifs is 9. The van der Waals surface area contributed by atoms with E-state index in [0.717, 1.165) is 43.5 Å². The minimum atomic E-state index is -2.51. The van der Waals surface area contributed by atoms with Crippen LogP contribution >= 0.6 is 6.04 Å². The van der Waals surface area contributed by atoms with Gasteiger partial charge in [-0.3, -0.25) is 9.38 Å². The van der Waals surface area contributed by atoms with Crippen LogP contribution in [0.2, 0.25) is 0 Å². The lowest BCUT2D eigenvalue weighted by atomic mass is 10.1. The van der Waals surface area contributed by atoms with E-state index in [9.17, 15) is 0 Å². The predicted molar refractivity (Wildman–Crippen MR) is 169 cm³/mol. The van der Waals surface area contributed by atoms with Gasteiger partial charge >= 0.3 is 0 Å². The van der Waals surface area contributed by atoms with Crippen molar-refractivity contribution in [3.8, 4) is 0 Å². The van der Waals surface area contributed by atoms with E-state index in [4.69, 9.17) is 16.8 Å². The summed E-state index contributed by atoms with van der Waals surface area (Å²) in [5, 5.41) is 9.25. The average molecular weight is 536 g/mol. The number of aromatic nitrogens is 3. The van der Waals surface area contributed by atoms with Crippen LogP contribution in [-0.4, -0.2) is 14.4 Å². The molecule has 8 aromatic rings. The van der Waals surface area contributed by atoms with Gasteiger partial charge in [-0.1, -0.05) is 109 Å². The lowest BCUT2D eigenvalue weighted by Crippen LogP contribution is -2.25. The number of hydrogen-bond acceptors (Lipinski definition) is 3. The number of hydrogen-bond donors (Lipinski definition) is 0. The largest absolute Gasteiger partial charge is 0.292 e. The molecular weight excluding hydrogens is 513 g/mol. The Morgan fingerprint density at radius 1 is 0.590 bits per heavy atom. The molecule has 1 atom stereocenters. The monoisotopic (exact) mass is 535 g/mol. The molecule has 184 valence electrons. The molecular formula is C34H22N3PS. The lowest BCUT2D eigenvalue weighted by molar-refractivity contribution is 1.31. The van der Waals surface area contributed by atoms with Crippen molar-refractivity contribution in [3.63, 3.8) is 0 Å². The van der Waals surface area contributed by atoms with Gasteiger partial charge in [0.1, 0.15) is 5.65 Å². The van der Waals surface area contributed by atoms with Crippen molar-refractivity contribution in [2.75, 3.05) is 0 Å². The van der Waals surface area contributed by atoms with Crippen molar-refractivity contribution >= 4 is 82.9 Å². The molecule has 0 N–H and O–H groups in total. The molecule has 3 aromatic heterocycles. The van der Waals surface area contributed by atoms with E-state index in [1.165, 1.54) is 21.5 Å². The molecule has 3 heterocycles. The minimum Gasteiger partial charge on any atom is -0.292 e. The Morgan fingerprint density at radius 3 is 2.18 bits per heavy atom. The fourth-order valence-corrected chi connectivity index (χ4v) is 9.76. The number of para-hydroxylation sites is 2. The van der Waals surface area contributed by atoms with E-state index >= 15 is 0 Å². The predicted octanol–water partition coefficient (Wildman–Crippen LogP) is 7.10. The number of nitrogens with zero attached hydrogens (tertiary/aromatic N) is 3. The van der Waals surface area contributed by atoms with Gasteiger partial charge in [-0.25, -0.2) is 4.98 Å². The third-order valence-electron chi connectivity index (χ3n) is 7.71. The summed E-state index contributed by atoms with van der Waals surface area (Å²) >= 11 is 6.81. The Hall–Kier alpha value is -4.37. The van der Waals surface area contributed by atoms with Crippen molar-refractivity contribution in [3.05, 3.63) is 134 Å². The first-order chi connectivity index (χ1) is 19.2. The molecule has 5 aromatic carbocycles. The van der Waals surface area contributed by atoms with Crippen molar-refractivity contribution in [1.29, 1.82) is 0 Å². The van der Waals surface area contributed by atoms with Crippen LogP contribution in [0.15, 0.2) is 134 Å². The lowest BCUT2D eigenvalue weighted by Gasteiger charge is -2.24. The number of rotatable bonds is 3. The first-order valence-electron chi connectivity index (χ1n) is 12.9. The SMILES string of the molecule is S=P(c1cccnc1)(c1ccc2ccccc2c1)c1cccc2c1nc1c3ccccc3c3ccccc3n21. The summed E-state index contributed by atoms with van der Waals surface area (Å²) in [6.45, 7) is 0. The Bertz CT molecular complexity index is 2270. The highest BCUT2D eigenvalue weighted by Crippen LogP contribution is 2.45. The van der Waals surface area contributed by atoms with Gasteiger partial charge < -0.3 is 0 Å². The smallest absolute Gasteiger partial charge is 0.146 e. The first kappa shape index (κ1) is 22.6. The van der Waals surface area contributed by atoms with Gasteiger partial charge in [0.2, 0.25) is 0 Å². The van der Waals surface area contributed by atoms with E-state index in [2.05, 4.69) is 125 Å². The molecule has 0 bridgehead atoms. The molecule has 0 aliphatic rings. The Labute approximate surface area is 230 Å². The Kier molecular flexibility index (Phi) is 4.97. The zero-order valence-corrected chi connectivity index (χ0v) is 22.6. The topological polar surface area (TPSA) is 30.2 Å². The van der Waals surface area contributed by atoms with E-state index < -0.39 is 6.04 Å². The third kappa shape index (κ3) is 3.26. The van der Waals surface area contributed by atoms with Crippen LogP contribution in [0.1, 0.15) is 0 Å². The molecule has 0 saturated carbocycles. The maximum atomic E-state index is 6.81. The molecule has 0 radical (unpaired) electrons. The molecule has 0 fully saturated rings. The van der Waals surface area contributed by atoms with Gasteiger partial charge in [-0.15, -0.1) is 0 Å². The van der Waals surface area contributed by atoms with Gasteiger partial charge in [0.05, 0.1) is 16.6 Å². The second-order valence-corrected chi connectivity index (χ2v) is 14.2. The van der Waals surface area contributed by atoms with Crippen LogP contribution in [0, 0.1) is 0 Å². The molecule has 0 spiro atoms. The minimum absolute atomic E-state index is 0.956. The molecule has 5 heteroatoms. The van der Waals surface area contributed by atoms with Crippen LogP contribution in [0.4, 0.5) is 0 Å². The highest BCUT2D eigenvalue weighted by molar-refractivity contribution is 8.25. The Morgan fingerprint density at radius 2 is 1.33 bits per heavy atom. The second kappa shape index (κ2) is 8.57. The van der Waals surface area contributed by atoms with Crippen LogP contribution in [0.3, 0.4) is 0 Å². The van der Waals surface area contributed by atoms with Gasteiger partial charge in [0, 0.05) is 39.8 Å². The zero-order valence-electron chi connectivity index (χ0n) is 20.9. The molecule has 39 heavy (non-hydrogen) atoms. The number of benzene rings is 5. The normalized spacial score (nSPS) is 13.4. The fraction of sp³-hybridized carbons (Fsp3) is 0. The maximum absolute atomic E-state index is 6.81. The zero-order chi connectivity index (χ0) is 26.0. The highest BCUT2D eigenvalue weighted by atomic mass is 32.4. The third-order valence-corrected chi connectivity index (χ3v) is 12.6. The quantitative estimate of drug-likeness (QED) is 0.179. The van der Waals surface area contributed by atoms with E-state index in [1.807, 2.05) is 18.5 Å². The molecule has 0 saturated heterocycles. The first-order valence-corrected chi connectivity index (χ1v) is 15.7. The Balaban J connectivity index is 1.53. The summed E-state index contributed by atoms with van der Waals surface area (Å²) in [5.74, 6) is 0. The van der Waals surface area contributed by atoms with Gasteiger partial charge in [0.15, 0.2) is 0 Å². The average Bonchev–Trinajstić information content (AvgIpc) is 3.41. The molecule has 0 aliphatic heterocycles. The molecule has 3 nitrogen and oxygen atoms in total. The molecule has 0 aliphatic carbocycles. The van der Waals surface area contributed by atoms with E-state index in [1.54, 1.807) is 0 Å². The summed E-state index contributed by atoms with van der Waals surface area (Å²) in [5.41, 5.74) is 4.13.